The fourth-order valence-electron chi connectivity index (χ4n) is 1.81. The molecule has 0 spiro atoms. The minimum atomic E-state index is -0.267. The van der Waals surface area contributed by atoms with E-state index in [1.54, 1.807) is 19.2 Å². The maximum absolute atomic E-state index is 13.5. The van der Waals surface area contributed by atoms with Gasteiger partial charge >= 0.3 is 0 Å². The molecule has 0 saturated carbocycles. The molecule has 0 radical (unpaired) electrons. The van der Waals surface area contributed by atoms with Crippen LogP contribution >= 0.6 is 11.6 Å². The zero-order chi connectivity index (χ0) is 13.0. The molecule has 0 amide bonds. The van der Waals surface area contributed by atoms with Crippen LogP contribution in [-0.4, -0.2) is 7.11 Å². The van der Waals surface area contributed by atoms with E-state index < -0.39 is 0 Å². The highest BCUT2D eigenvalue weighted by atomic mass is 35.5. The van der Waals surface area contributed by atoms with Crippen molar-refractivity contribution in [2.45, 2.75) is 11.8 Å². The summed E-state index contributed by atoms with van der Waals surface area (Å²) >= 11 is 6.32. The molecule has 2 rings (SSSR count). The van der Waals surface area contributed by atoms with Crippen molar-refractivity contribution in [3.05, 3.63) is 65.5 Å². The van der Waals surface area contributed by atoms with Crippen LogP contribution in [-0.2, 0) is 6.42 Å². The van der Waals surface area contributed by atoms with Crippen molar-refractivity contribution in [2.24, 2.45) is 0 Å². The van der Waals surface area contributed by atoms with Gasteiger partial charge in [0.25, 0.3) is 0 Å². The summed E-state index contributed by atoms with van der Waals surface area (Å²) in [6.45, 7) is 0. The molecule has 0 aliphatic carbocycles. The Morgan fingerprint density at radius 3 is 2.67 bits per heavy atom. The van der Waals surface area contributed by atoms with Crippen molar-refractivity contribution in [3.63, 3.8) is 0 Å². The molecular formula is C15H14ClFO. The summed E-state index contributed by atoms with van der Waals surface area (Å²) in [5, 5.41) is -0.267. The van der Waals surface area contributed by atoms with Crippen LogP contribution in [0.15, 0.2) is 48.5 Å². The third kappa shape index (κ3) is 3.02. The first-order valence-electron chi connectivity index (χ1n) is 5.72. The van der Waals surface area contributed by atoms with Gasteiger partial charge in [-0.15, -0.1) is 11.6 Å². The van der Waals surface area contributed by atoms with E-state index in [1.165, 1.54) is 6.07 Å². The highest BCUT2D eigenvalue weighted by Crippen LogP contribution is 2.28. The molecule has 1 unspecified atom stereocenters. The smallest absolute Gasteiger partial charge is 0.126 e. The molecule has 0 heterocycles. The number of hydrogen-bond donors (Lipinski definition) is 0. The van der Waals surface area contributed by atoms with Crippen molar-refractivity contribution < 1.29 is 9.13 Å². The molecule has 3 heteroatoms. The van der Waals surface area contributed by atoms with E-state index in [1.807, 2.05) is 30.3 Å². The molecule has 18 heavy (non-hydrogen) atoms. The Labute approximate surface area is 111 Å². The number of halogens is 2. The fraction of sp³-hybridized carbons (Fsp3) is 0.200. The lowest BCUT2D eigenvalue weighted by atomic mass is 10.0. The van der Waals surface area contributed by atoms with Gasteiger partial charge in [-0.3, -0.25) is 0 Å². The Bertz CT molecular complexity index is 527. The summed E-state index contributed by atoms with van der Waals surface area (Å²) in [5.41, 5.74) is 1.56. The molecule has 2 aromatic rings. The number of rotatable bonds is 4. The van der Waals surface area contributed by atoms with E-state index >= 15 is 0 Å². The highest BCUT2D eigenvalue weighted by Gasteiger charge is 2.12. The second-order valence-corrected chi connectivity index (χ2v) is 4.57. The quantitative estimate of drug-likeness (QED) is 0.746. The van der Waals surface area contributed by atoms with Gasteiger partial charge in [0.2, 0.25) is 0 Å². The van der Waals surface area contributed by atoms with E-state index in [0.717, 1.165) is 11.3 Å². The minimum Gasteiger partial charge on any atom is -0.497 e. The number of alkyl halides is 1. The van der Waals surface area contributed by atoms with E-state index in [2.05, 4.69) is 0 Å². The van der Waals surface area contributed by atoms with E-state index in [4.69, 9.17) is 16.3 Å². The fourth-order valence-corrected chi connectivity index (χ4v) is 2.11. The molecule has 1 atom stereocenters. The van der Waals surface area contributed by atoms with Gasteiger partial charge in [-0.05, 0) is 35.7 Å². The van der Waals surface area contributed by atoms with Gasteiger partial charge in [-0.1, -0.05) is 30.3 Å². The largest absolute Gasteiger partial charge is 0.497 e. The zero-order valence-electron chi connectivity index (χ0n) is 10.1. The molecule has 94 valence electrons. The minimum absolute atomic E-state index is 0.217. The molecule has 1 nitrogen and oxygen atoms in total. The van der Waals surface area contributed by atoms with Gasteiger partial charge in [0.1, 0.15) is 11.6 Å². The van der Waals surface area contributed by atoms with Crippen molar-refractivity contribution in [3.8, 4) is 5.75 Å². The summed E-state index contributed by atoms with van der Waals surface area (Å²) in [7, 11) is 1.61. The molecule has 2 aromatic carbocycles. The highest BCUT2D eigenvalue weighted by molar-refractivity contribution is 6.20. The van der Waals surface area contributed by atoms with E-state index in [-0.39, 0.29) is 11.2 Å². The first-order valence-corrected chi connectivity index (χ1v) is 6.16. The van der Waals surface area contributed by atoms with Gasteiger partial charge in [0, 0.05) is 0 Å². The lowest BCUT2D eigenvalue weighted by molar-refractivity contribution is 0.414. The van der Waals surface area contributed by atoms with Crippen LogP contribution in [0.25, 0.3) is 0 Å². The average molecular weight is 265 g/mol. The standard InChI is InChI=1S/C15H14ClFO/c1-18-13-7-4-6-11(9-13)14(16)10-12-5-2-3-8-15(12)17/h2-9,14H,10H2,1H3. The summed E-state index contributed by atoms with van der Waals surface area (Å²) in [4.78, 5) is 0. The second-order valence-electron chi connectivity index (χ2n) is 4.04. The van der Waals surface area contributed by atoms with Crippen molar-refractivity contribution in [1.29, 1.82) is 0 Å². The third-order valence-electron chi connectivity index (χ3n) is 2.81. The summed E-state index contributed by atoms with van der Waals surface area (Å²) in [5.74, 6) is 0.540. The average Bonchev–Trinajstić information content (AvgIpc) is 2.41. The number of hydrogen-bond acceptors (Lipinski definition) is 1. The Morgan fingerprint density at radius 1 is 1.17 bits per heavy atom. The van der Waals surface area contributed by atoms with Crippen molar-refractivity contribution in [2.75, 3.05) is 7.11 Å². The van der Waals surface area contributed by atoms with Crippen molar-refractivity contribution in [1.82, 2.24) is 0 Å². The van der Waals surface area contributed by atoms with Gasteiger partial charge in [0.15, 0.2) is 0 Å². The summed E-state index contributed by atoms with van der Waals surface area (Å²) in [6.07, 6.45) is 0.460. The number of benzene rings is 2. The Morgan fingerprint density at radius 2 is 1.94 bits per heavy atom. The molecule has 0 N–H and O–H groups in total. The third-order valence-corrected chi connectivity index (χ3v) is 3.22. The normalized spacial score (nSPS) is 12.2. The molecule has 0 aliphatic rings. The Hall–Kier alpha value is -1.54. The zero-order valence-corrected chi connectivity index (χ0v) is 10.8. The molecule has 0 saturated heterocycles. The second kappa shape index (κ2) is 5.87. The first kappa shape index (κ1) is 12.9. The number of methoxy groups -OCH3 is 1. The topological polar surface area (TPSA) is 9.23 Å². The monoisotopic (exact) mass is 264 g/mol. The van der Waals surface area contributed by atoms with Crippen LogP contribution < -0.4 is 4.74 Å². The molecular weight excluding hydrogens is 251 g/mol. The van der Waals surface area contributed by atoms with Gasteiger partial charge in [-0.2, -0.15) is 0 Å². The molecule has 0 aliphatic heterocycles. The van der Waals surface area contributed by atoms with Gasteiger partial charge in [-0.25, -0.2) is 4.39 Å². The van der Waals surface area contributed by atoms with Crippen LogP contribution in [0.4, 0.5) is 4.39 Å². The van der Waals surface area contributed by atoms with E-state index in [9.17, 15) is 4.39 Å². The first-order chi connectivity index (χ1) is 8.70. The SMILES string of the molecule is COc1cccc(C(Cl)Cc2ccccc2F)c1. The predicted molar refractivity (Wildman–Crippen MR) is 71.7 cm³/mol. The lowest BCUT2D eigenvalue weighted by Gasteiger charge is -2.11. The van der Waals surface area contributed by atoms with Crippen LogP contribution in [0.3, 0.4) is 0 Å². The van der Waals surface area contributed by atoms with E-state index in [0.29, 0.717) is 12.0 Å². The van der Waals surface area contributed by atoms with Crippen molar-refractivity contribution >= 4 is 11.6 Å². The maximum Gasteiger partial charge on any atom is 0.126 e. The molecule has 0 fully saturated rings. The molecule has 0 aromatic heterocycles. The number of ether oxygens (including phenoxy) is 1. The Balaban J connectivity index is 2.16. The van der Waals surface area contributed by atoms with Crippen LogP contribution in [0.5, 0.6) is 5.75 Å². The summed E-state index contributed by atoms with van der Waals surface area (Å²) in [6, 6.07) is 14.2. The van der Waals surface area contributed by atoms with Gasteiger partial charge in [0.05, 0.1) is 12.5 Å². The summed E-state index contributed by atoms with van der Waals surface area (Å²) < 4.78 is 18.7. The van der Waals surface area contributed by atoms with Gasteiger partial charge < -0.3 is 4.74 Å². The maximum atomic E-state index is 13.5. The molecule has 0 bridgehead atoms. The van der Waals surface area contributed by atoms with Crippen LogP contribution in [0.2, 0.25) is 0 Å². The Kier molecular flexibility index (Phi) is 4.21. The predicted octanol–water partition coefficient (Wildman–Crippen LogP) is 4.36. The van der Waals surface area contributed by atoms with Crippen LogP contribution in [0.1, 0.15) is 16.5 Å². The van der Waals surface area contributed by atoms with Crippen LogP contribution in [0, 0.1) is 5.82 Å². The lowest BCUT2D eigenvalue weighted by Crippen LogP contribution is -1.98.